The molecule has 0 aliphatic carbocycles. The Bertz CT molecular complexity index is 1480. The van der Waals surface area contributed by atoms with Crippen LogP contribution in [-0.2, 0) is 22.6 Å². The van der Waals surface area contributed by atoms with E-state index < -0.39 is 12.1 Å². The Hall–Kier alpha value is -4.44. The highest BCUT2D eigenvalue weighted by Gasteiger charge is 2.35. The molecular weight excluding hydrogens is 574 g/mol. The maximum Gasteiger partial charge on any atom is 0.258 e. The lowest BCUT2D eigenvalue weighted by Gasteiger charge is -2.39. The van der Waals surface area contributed by atoms with Crippen LogP contribution < -0.4 is 29.6 Å². The average Bonchev–Trinajstić information content (AvgIpc) is 3.02. The summed E-state index contributed by atoms with van der Waals surface area (Å²) in [5.74, 6) is 1.20. The number of amides is 3. The Kier molecular flexibility index (Phi) is 9.56. The van der Waals surface area contributed by atoms with Crippen molar-refractivity contribution in [3.8, 4) is 23.0 Å². The van der Waals surface area contributed by atoms with Crippen LogP contribution in [0.3, 0.4) is 0 Å². The van der Waals surface area contributed by atoms with E-state index in [1.54, 1.807) is 35.2 Å². The molecule has 8 rings (SSSR count). The van der Waals surface area contributed by atoms with Crippen molar-refractivity contribution >= 4 is 29.3 Å². The number of rotatable bonds is 3. The van der Waals surface area contributed by atoms with Crippen molar-refractivity contribution in [3.63, 3.8) is 0 Å². The summed E-state index contributed by atoms with van der Waals surface area (Å²) in [4.78, 5) is 40.8. The van der Waals surface area contributed by atoms with Crippen molar-refractivity contribution in [2.24, 2.45) is 0 Å². The van der Waals surface area contributed by atoms with E-state index in [2.05, 4.69) is 10.6 Å². The van der Waals surface area contributed by atoms with Crippen LogP contribution in [0.25, 0.3) is 0 Å². The smallest absolute Gasteiger partial charge is 0.258 e. The zero-order chi connectivity index (χ0) is 30.3. The number of nitrogens with one attached hydrogen (secondary N) is 2. The molecule has 10 nitrogen and oxygen atoms in total. The molecule has 0 saturated carbocycles. The lowest BCUT2D eigenvalue weighted by Crippen LogP contribution is -2.58. The summed E-state index contributed by atoms with van der Waals surface area (Å²) >= 11 is 6.19. The molecule has 0 unspecified atom stereocenters. The topological polar surface area (TPSA) is 115 Å². The molecule has 5 heterocycles. The first kappa shape index (κ1) is 30.0. The molecule has 0 aromatic heterocycles. The number of halogens is 1. The van der Waals surface area contributed by atoms with Crippen molar-refractivity contribution in [2.75, 3.05) is 33.9 Å². The van der Waals surface area contributed by atoms with Gasteiger partial charge in [0, 0.05) is 37.5 Å². The van der Waals surface area contributed by atoms with Crippen molar-refractivity contribution in [2.45, 2.75) is 38.0 Å². The van der Waals surface area contributed by atoms with Crippen LogP contribution in [0.2, 0.25) is 5.02 Å². The number of ether oxygens (including phenoxy) is 4. The number of nitrogens with zero attached hydrogens (tertiary/aromatic N) is 1. The molecule has 0 spiro atoms. The van der Waals surface area contributed by atoms with Crippen molar-refractivity contribution in [3.05, 3.63) is 82.4 Å². The molecule has 4 bridgehead atoms. The Morgan fingerprint density at radius 3 is 2.47 bits per heavy atom. The zero-order valence-electron chi connectivity index (χ0n) is 24.1. The monoisotopic (exact) mass is 607 g/mol. The highest BCUT2D eigenvalue weighted by atomic mass is 35.5. The standard InChI is InChI=1S/C32H34ClN3O7/c1-40-26-11-7-22(33)16-24(26)32(39)36-14-13-27-25(18-36)35-31(38)19-42-28-10-5-20(15-29(28)41-2)6-12-30(37)34-17-21-3-8-23(43-27)9-4-21/h3-5,7-11,15-16,25,27H,6,12-14,17-19H2,1-2H3,(H,34,37)(H,35,38)/t25-,27-/m1/s1. The lowest BCUT2D eigenvalue weighted by molar-refractivity contribution is -0.125. The maximum atomic E-state index is 13.6. The molecule has 5 aliphatic rings. The lowest BCUT2D eigenvalue weighted by atomic mass is 10.00. The highest BCUT2D eigenvalue weighted by Crippen LogP contribution is 2.29. The van der Waals surface area contributed by atoms with Gasteiger partial charge in [-0.25, -0.2) is 0 Å². The van der Waals surface area contributed by atoms with E-state index >= 15 is 0 Å². The normalized spacial score (nSPS) is 19.3. The molecule has 11 heteroatoms. The van der Waals surface area contributed by atoms with E-state index in [-0.39, 0.29) is 30.9 Å². The van der Waals surface area contributed by atoms with E-state index in [1.165, 1.54) is 14.2 Å². The average molecular weight is 608 g/mol. The van der Waals surface area contributed by atoms with Gasteiger partial charge in [0.2, 0.25) is 5.91 Å². The fraction of sp³-hybridized carbons (Fsp3) is 0.344. The summed E-state index contributed by atoms with van der Waals surface area (Å²) in [7, 11) is 3.02. The number of piperidine rings is 1. The second kappa shape index (κ2) is 13.7. The number of carbonyl (C=O) groups is 3. The zero-order valence-corrected chi connectivity index (χ0v) is 24.8. The number of likely N-dealkylation sites (tertiary alicyclic amines) is 1. The molecule has 3 amide bonds. The van der Waals surface area contributed by atoms with E-state index in [9.17, 15) is 14.4 Å². The van der Waals surface area contributed by atoms with Gasteiger partial charge in [0.05, 0.1) is 25.8 Å². The summed E-state index contributed by atoms with van der Waals surface area (Å²) in [5.41, 5.74) is 2.18. The molecule has 43 heavy (non-hydrogen) atoms. The Labute approximate surface area is 255 Å². The number of methoxy groups -OCH3 is 2. The van der Waals surface area contributed by atoms with Crippen molar-refractivity contribution in [1.29, 1.82) is 0 Å². The third-order valence-corrected chi connectivity index (χ3v) is 7.74. The molecule has 0 radical (unpaired) electrons. The Morgan fingerprint density at radius 2 is 1.70 bits per heavy atom. The summed E-state index contributed by atoms with van der Waals surface area (Å²) in [6.45, 7) is 0.718. The fourth-order valence-corrected chi connectivity index (χ4v) is 5.37. The molecule has 5 aliphatic heterocycles. The van der Waals surface area contributed by atoms with Crippen LogP contribution in [0.1, 0.15) is 34.3 Å². The predicted octanol–water partition coefficient (Wildman–Crippen LogP) is 3.78. The number of hydrogen-bond donors (Lipinski definition) is 2. The minimum Gasteiger partial charge on any atom is -0.496 e. The third-order valence-electron chi connectivity index (χ3n) is 7.50. The van der Waals surface area contributed by atoms with E-state index in [1.807, 2.05) is 30.3 Å². The van der Waals surface area contributed by atoms with Crippen LogP contribution in [0.5, 0.6) is 23.0 Å². The van der Waals surface area contributed by atoms with Crippen LogP contribution in [0, 0.1) is 0 Å². The molecular formula is C32H34ClN3O7. The van der Waals surface area contributed by atoms with E-state index in [0.29, 0.717) is 65.9 Å². The highest BCUT2D eigenvalue weighted by molar-refractivity contribution is 6.31. The molecule has 1 saturated heterocycles. The van der Waals surface area contributed by atoms with Gasteiger partial charge in [0.15, 0.2) is 18.1 Å². The molecule has 1 fully saturated rings. The van der Waals surface area contributed by atoms with Crippen LogP contribution >= 0.6 is 11.6 Å². The Balaban J connectivity index is 1.39. The van der Waals surface area contributed by atoms with Crippen LogP contribution in [0.4, 0.5) is 0 Å². The first-order valence-corrected chi connectivity index (χ1v) is 14.4. The number of carbonyl (C=O) groups excluding carboxylic acids is 3. The molecule has 226 valence electrons. The van der Waals surface area contributed by atoms with Crippen LogP contribution in [-0.4, -0.2) is 68.7 Å². The largest absolute Gasteiger partial charge is 0.496 e. The molecule has 3 aromatic carbocycles. The number of aryl methyl sites for hydroxylation is 1. The first-order chi connectivity index (χ1) is 20.8. The second-order valence-corrected chi connectivity index (χ2v) is 10.8. The van der Waals surface area contributed by atoms with Gasteiger partial charge in [0.1, 0.15) is 17.6 Å². The van der Waals surface area contributed by atoms with Crippen molar-refractivity contribution in [1.82, 2.24) is 15.5 Å². The van der Waals surface area contributed by atoms with Gasteiger partial charge >= 0.3 is 0 Å². The van der Waals surface area contributed by atoms with Gasteiger partial charge < -0.3 is 34.5 Å². The van der Waals surface area contributed by atoms with E-state index in [4.69, 9.17) is 30.5 Å². The van der Waals surface area contributed by atoms with Gasteiger partial charge in [-0.2, -0.15) is 0 Å². The summed E-state index contributed by atoms with van der Waals surface area (Å²) < 4.78 is 23.0. The molecule has 2 N–H and O–H groups in total. The van der Waals surface area contributed by atoms with Gasteiger partial charge in [-0.3, -0.25) is 14.4 Å². The summed E-state index contributed by atoms with van der Waals surface area (Å²) in [6.07, 6.45) is 0.890. The quantitative estimate of drug-likeness (QED) is 0.466. The van der Waals surface area contributed by atoms with Crippen LogP contribution in [0.15, 0.2) is 60.7 Å². The second-order valence-electron chi connectivity index (χ2n) is 10.4. The first-order valence-electron chi connectivity index (χ1n) is 14.1. The van der Waals surface area contributed by atoms with Gasteiger partial charge in [-0.1, -0.05) is 29.8 Å². The van der Waals surface area contributed by atoms with Crippen molar-refractivity contribution < 1.29 is 33.3 Å². The number of benzene rings is 3. The minimum atomic E-state index is -0.534. The van der Waals surface area contributed by atoms with E-state index in [0.717, 1.165) is 11.1 Å². The van der Waals surface area contributed by atoms with Gasteiger partial charge in [-0.15, -0.1) is 0 Å². The SMILES string of the molecule is COc1cc2ccc1OCC(=O)N[C@@H]1CN(C(=O)c3cc(Cl)ccc3OC)CC[C@H]1Oc1ccc(cc1)CNC(=O)CC2. The Morgan fingerprint density at radius 1 is 0.930 bits per heavy atom. The molecule has 3 aromatic rings. The summed E-state index contributed by atoms with van der Waals surface area (Å²) in [6, 6.07) is 17.2. The van der Waals surface area contributed by atoms with Gasteiger partial charge in [-0.05, 0) is 60.0 Å². The van der Waals surface area contributed by atoms with Gasteiger partial charge in [0.25, 0.3) is 11.8 Å². The predicted molar refractivity (Wildman–Crippen MR) is 160 cm³/mol. The fourth-order valence-electron chi connectivity index (χ4n) is 5.20. The molecule has 2 atom stereocenters. The minimum absolute atomic E-state index is 0.0646. The summed E-state index contributed by atoms with van der Waals surface area (Å²) in [5, 5.41) is 6.39. The number of hydrogen-bond acceptors (Lipinski definition) is 7. The third kappa shape index (κ3) is 7.50. The maximum absolute atomic E-state index is 13.6.